The van der Waals surface area contributed by atoms with Crippen LogP contribution in [-0.4, -0.2) is 24.1 Å². The number of ketones is 1. The summed E-state index contributed by atoms with van der Waals surface area (Å²) < 4.78 is 5.34. The second kappa shape index (κ2) is 4.82. The third-order valence-electron chi connectivity index (χ3n) is 6.75. The SMILES string of the molecule is COc1ccc2c(c1)CC[C@@H]1[C@@H]2C[C@H](O)[C@]2(C)C(=O)CC[C@@H]12. The van der Waals surface area contributed by atoms with Gasteiger partial charge in [-0.3, -0.25) is 4.79 Å². The Morgan fingerprint density at radius 2 is 2.09 bits per heavy atom. The third-order valence-corrected chi connectivity index (χ3v) is 6.75. The first-order valence-corrected chi connectivity index (χ1v) is 8.44. The molecule has 0 saturated heterocycles. The molecule has 1 aromatic carbocycles. The van der Waals surface area contributed by atoms with Crippen molar-refractivity contribution in [3.8, 4) is 5.75 Å². The molecule has 2 saturated carbocycles. The van der Waals surface area contributed by atoms with E-state index in [-0.39, 0.29) is 5.78 Å². The van der Waals surface area contributed by atoms with Crippen molar-refractivity contribution in [3.05, 3.63) is 29.3 Å². The van der Waals surface area contributed by atoms with Gasteiger partial charge < -0.3 is 9.84 Å². The third kappa shape index (κ3) is 1.75. The molecule has 0 aromatic heterocycles. The number of rotatable bonds is 1. The standard InChI is InChI=1S/C19H24O3/c1-19-16(7-8-17(19)20)14-5-3-11-9-12(22-2)4-6-13(11)15(14)10-18(19)21/h4,6,9,14-16,18,21H,3,5,7-8,10H2,1-2H3/t14-,15-,16+,18+,19+/m1/s1. The Morgan fingerprint density at radius 1 is 1.27 bits per heavy atom. The van der Waals surface area contributed by atoms with E-state index in [1.807, 2.05) is 13.0 Å². The van der Waals surface area contributed by atoms with Crippen LogP contribution in [0.5, 0.6) is 5.75 Å². The number of aliphatic hydroxyl groups is 1. The quantitative estimate of drug-likeness (QED) is 0.867. The van der Waals surface area contributed by atoms with Crippen molar-refractivity contribution in [2.24, 2.45) is 17.3 Å². The number of fused-ring (bicyclic) bond motifs is 5. The summed E-state index contributed by atoms with van der Waals surface area (Å²) in [6.07, 6.45) is 4.02. The predicted octanol–water partition coefficient (Wildman–Crippen LogP) is 3.09. The number of aliphatic hydroxyl groups excluding tert-OH is 1. The van der Waals surface area contributed by atoms with E-state index < -0.39 is 11.5 Å². The molecular weight excluding hydrogens is 276 g/mol. The first-order valence-electron chi connectivity index (χ1n) is 8.44. The zero-order valence-corrected chi connectivity index (χ0v) is 13.3. The maximum atomic E-state index is 12.4. The number of ether oxygens (including phenoxy) is 1. The number of hydrogen-bond acceptors (Lipinski definition) is 3. The van der Waals surface area contributed by atoms with E-state index in [9.17, 15) is 9.90 Å². The zero-order valence-electron chi connectivity index (χ0n) is 13.3. The van der Waals surface area contributed by atoms with Gasteiger partial charge in [-0.2, -0.15) is 0 Å². The lowest BCUT2D eigenvalue weighted by molar-refractivity contribution is -0.140. The highest BCUT2D eigenvalue weighted by Crippen LogP contribution is 2.59. The van der Waals surface area contributed by atoms with Gasteiger partial charge in [-0.15, -0.1) is 0 Å². The summed E-state index contributed by atoms with van der Waals surface area (Å²) in [6, 6.07) is 6.35. The molecule has 4 rings (SSSR count). The molecule has 5 atom stereocenters. The molecule has 0 spiro atoms. The molecule has 0 heterocycles. The van der Waals surface area contributed by atoms with Crippen LogP contribution >= 0.6 is 0 Å². The van der Waals surface area contributed by atoms with Crippen LogP contribution in [0.1, 0.15) is 49.7 Å². The molecule has 2 fully saturated rings. The predicted molar refractivity (Wildman–Crippen MR) is 84.0 cm³/mol. The van der Waals surface area contributed by atoms with Crippen LogP contribution in [0, 0.1) is 17.3 Å². The van der Waals surface area contributed by atoms with E-state index in [4.69, 9.17) is 4.74 Å². The fraction of sp³-hybridized carbons (Fsp3) is 0.632. The first-order chi connectivity index (χ1) is 10.6. The lowest BCUT2D eigenvalue weighted by Crippen LogP contribution is -2.51. The average Bonchev–Trinajstić information content (AvgIpc) is 2.84. The normalized spacial score (nSPS) is 39.9. The lowest BCUT2D eigenvalue weighted by atomic mass is 9.54. The van der Waals surface area contributed by atoms with Crippen LogP contribution in [-0.2, 0) is 11.2 Å². The lowest BCUT2D eigenvalue weighted by Gasteiger charge is -2.50. The van der Waals surface area contributed by atoms with Gasteiger partial charge in [-0.05, 0) is 73.6 Å². The molecule has 0 aliphatic heterocycles. The first kappa shape index (κ1) is 14.3. The molecule has 22 heavy (non-hydrogen) atoms. The molecule has 3 aliphatic rings. The molecule has 1 aromatic rings. The van der Waals surface area contributed by atoms with Crippen molar-refractivity contribution < 1.29 is 14.6 Å². The summed E-state index contributed by atoms with van der Waals surface area (Å²) in [7, 11) is 1.70. The van der Waals surface area contributed by atoms with Crippen molar-refractivity contribution in [2.75, 3.05) is 7.11 Å². The minimum absolute atomic E-state index is 0.281. The highest BCUT2D eigenvalue weighted by Gasteiger charge is 2.59. The van der Waals surface area contributed by atoms with E-state index >= 15 is 0 Å². The Bertz CT molecular complexity index is 623. The fourth-order valence-corrected chi connectivity index (χ4v) is 5.46. The van der Waals surface area contributed by atoms with Crippen LogP contribution in [0.3, 0.4) is 0 Å². The van der Waals surface area contributed by atoms with Crippen LogP contribution in [0.4, 0.5) is 0 Å². The van der Waals surface area contributed by atoms with Crippen molar-refractivity contribution in [2.45, 2.75) is 51.0 Å². The smallest absolute Gasteiger partial charge is 0.141 e. The summed E-state index contributed by atoms with van der Waals surface area (Å²) in [4.78, 5) is 12.4. The summed E-state index contributed by atoms with van der Waals surface area (Å²) in [5, 5.41) is 10.7. The van der Waals surface area contributed by atoms with E-state index in [1.54, 1.807) is 7.11 Å². The van der Waals surface area contributed by atoms with Gasteiger partial charge in [0.15, 0.2) is 0 Å². The Hall–Kier alpha value is -1.35. The topological polar surface area (TPSA) is 46.5 Å². The number of aryl methyl sites for hydroxylation is 1. The van der Waals surface area contributed by atoms with Gasteiger partial charge in [0.05, 0.1) is 18.6 Å². The van der Waals surface area contributed by atoms with Crippen molar-refractivity contribution >= 4 is 5.78 Å². The van der Waals surface area contributed by atoms with Crippen molar-refractivity contribution in [1.29, 1.82) is 0 Å². The maximum Gasteiger partial charge on any atom is 0.141 e. The van der Waals surface area contributed by atoms with Crippen LogP contribution in [0.2, 0.25) is 0 Å². The molecule has 3 aliphatic carbocycles. The molecule has 0 unspecified atom stereocenters. The van der Waals surface area contributed by atoms with Crippen molar-refractivity contribution in [3.63, 3.8) is 0 Å². The van der Waals surface area contributed by atoms with E-state index in [2.05, 4.69) is 12.1 Å². The molecular formula is C19H24O3. The molecule has 3 heteroatoms. The van der Waals surface area contributed by atoms with Crippen LogP contribution in [0.25, 0.3) is 0 Å². The number of carbonyl (C=O) groups is 1. The van der Waals surface area contributed by atoms with Crippen molar-refractivity contribution in [1.82, 2.24) is 0 Å². The van der Waals surface area contributed by atoms with Gasteiger partial charge in [-0.25, -0.2) is 0 Å². The average molecular weight is 300 g/mol. The van der Waals surface area contributed by atoms with Gasteiger partial charge >= 0.3 is 0 Å². The Morgan fingerprint density at radius 3 is 2.86 bits per heavy atom. The number of Topliss-reactive ketones (excluding diaryl/α,β-unsaturated/α-hetero) is 1. The molecule has 1 N–H and O–H groups in total. The number of benzene rings is 1. The zero-order chi connectivity index (χ0) is 15.5. The maximum absolute atomic E-state index is 12.4. The Balaban J connectivity index is 1.74. The Labute approximate surface area is 131 Å². The van der Waals surface area contributed by atoms with Gasteiger partial charge in [0.2, 0.25) is 0 Å². The molecule has 0 radical (unpaired) electrons. The minimum atomic E-state index is -0.498. The van der Waals surface area contributed by atoms with Gasteiger partial charge in [0.1, 0.15) is 11.5 Å². The highest BCUT2D eigenvalue weighted by atomic mass is 16.5. The van der Waals surface area contributed by atoms with E-state index in [1.165, 1.54) is 11.1 Å². The van der Waals surface area contributed by atoms with Gasteiger partial charge in [0.25, 0.3) is 0 Å². The Kier molecular flexibility index (Phi) is 3.12. The summed E-state index contributed by atoms with van der Waals surface area (Å²) in [5.74, 6) is 2.48. The van der Waals surface area contributed by atoms with Crippen LogP contribution < -0.4 is 4.74 Å². The number of methoxy groups -OCH3 is 1. The van der Waals surface area contributed by atoms with Gasteiger partial charge in [0, 0.05) is 6.42 Å². The number of hydrogen-bond donors (Lipinski definition) is 1. The second-order valence-corrected chi connectivity index (χ2v) is 7.48. The molecule has 3 nitrogen and oxygen atoms in total. The summed E-state index contributed by atoms with van der Waals surface area (Å²) >= 11 is 0. The van der Waals surface area contributed by atoms with Crippen LogP contribution in [0.15, 0.2) is 18.2 Å². The van der Waals surface area contributed by atoms with E-state index in [0.29, 0.717) is 24.2 Å². The number of carbonyl (C=O) groups excluding carboxylic acids is 1. The molecule has 0 bridgehead atoms. The largest absolute Gasteiger partial charge is 0.497 e. The second-order valence-electron chi connectivity index (χ2n) is 7.48. The summed E-state index contributed by atoms with van der Waals surface area (Å²) in [5.41, 5.74) is 2.24. The fourth-order valence-electron chi connectivity index (χ4n) is 5.46. The van der Waals surface area contributed by atoms with Gasteiger partial charge in [-0.1, -0.05) is 6.07 Å². The molecule has 0 amide bonds. The minimum Gasteiger partial charge on any atom is -0.497 e. The highest BCUT2D eigenvalue weighted by molar-refractivity contribution is 5.88. The van der Waals surface area contributed by atoms with E-state index in [0.717, 1.165) is 31.4 Å². The monoisotopic (exact) mass is 300 g/mol. The molecule has 118 valence electrons. The summed E-state index contributed by atoms with van der Waals surface area (Å²) in [6.45, 7) is 2.01.